The molecule has 6 nitrogen and oxygen atoms in total. The molecule has 1 aromatic carbocycles. The zero-order valence-electron chi connectivity index (χ0n) is 14.2. The molecule has 2 fully saturated rings. The van der Waals surface area contributed by atoms with Crippen LogP contribution in [0.3, 0.4) is 0 Å². The van der Waals surface area contributed by atoms with Crippen LogP contribution < -0.4 is 0 Å². The smallest absolute Gasteiger partial charge is 0.269 e. The third-order valence-electron chi connectivity index (χ3n) is 5.89. The number of hydrogen-bond acceptors (Lipinski definition) is 4. The van der Waals surface area contributed by atoms with Crippen molar-refractivity contribution < 1.29 is 9.72 Å². The number of piperazine rings is 1. The first-order chi connectivity index (χ1) is 12.1. The number of allylic oxidation sites excluding steroid dienone is 2. The third kappa shape index (κ3) is 3.31. The van der Waals surface area contributed by atoms with E-state index in [1.54, 1.807) is 12.1 Å². The second-order valence-corrected chi connectivity index (χ2v) is 7.44. The van der Waals surface area contributed by atoms with Gasteiger partial charge in [-0.3, -0.25) is 19.8 Å². The number of nitro benzene ring substituents is 1. The minimum Gasteiger partial charge on any atom is -0.336 e. The fourth-order valence-electron chi connectivity index (χ4n) is 4.48. The predicted molar refractivity (Wildman–Crippen MR) is 94.3 cm³/mol. The lowest BCUT2D eigenvalue weighted by Crippen LogP contribution is -2.50. The number of rotatable bonds is 4. The maximum atomic E-state index is 12.6. The van der Waals surface area contributed by atoms with Crippen molar-refractivity contribution in [2.24, 2.45) is 17.8 Å². The molecule has 6 heteroatoms. The lowest BCUT2D eigenvalue weighted by atomic mass is 9.93. The van der Waals surface area contributed by atoms with E-state index in [0.717, 1.165) is 50.5 Å². The topological polar surface area (TPSA) is 66.7 Å². The Hall–Kier alpha value is -2.21. The highest BCUT2D eigenvalue weighted by atomic mass is 16.6. The second-order valence-electron chi connectivity index (χ2n) is 7.44. The van der Waals surface area contributed by atoms with Gasteiger partial charge in [0.1, 0.15) is 0 Å². The number of hydrogen-bond donors (Lipinski definition) is 0. The Morgan fingerprint density at radius 2 is 1.80 bits per heavy atom. The molecule has 0 radical (unpaired) electrons. The first-order valence-electron chi connectivity index (χ1n) is 9.04. The van der Waals surface area contributed by atoms with Crippen LogP contribution in [-0.4, -0.2) is 53.4 Å². The van der Waals surface area contributed by atoms with Crippen molar-refractivity contribution in [3.8, 4) is 0 Å². The molecule has 2 bridgehead atoms. The number of nitrogens with zero attached hydrogens (tertiary/aromatic N) is 3. The van der Waals surface area contributed by atoms with Crippen LogP contribution in [0.4, 0.5) is 5.69 Å². The molecule has 1 saturated carbocycles. The van der Waals surface area contributed by atoms with Crippen molar-refractivity contribution in [2.75, 3.05) is 32.7 Å². The Balaban J connectivity index is 1.30. The van der Waals surface area contributed by atoms with Gasteiger partial charge in [-0.15, -0.1) is 0 Å². The summed E-state index contributed by atoms with van der Waals surface area (Å²) in [6.45, 7) is 4.43. The van der Waals surface area contributed by atoms with E-state index in [4.69, 9.17) is 0 Å². The zero-order valence-corrected chi connectivity index (χ0v) is 14.2. The average molecular weight is 341 g/mol. The van der Waals surface area contributed by atoms with E-state index in [1.807, 2.05) is 4.90 Å². The molecule has 0 unspecified atom stereocenters. The molecule has 1 aliphatic heterocycles. The lowest BCUT2D eigenvalue weighted by molar-refractivity contribution is -0.384. The van der Waals surface area contributed by atoms with Gasteiger partial charge >= 0.3 is 0 Å². The van der Waals surface area contributed by atoms with Crippen LogP contribution in [0, 0.1) is 27.9 Å². The van der Waals surface area contributed by atoms with Gasteiger partial charge in [0.15, 0.2) is 0 Å². The largest absolute Gasteiger partial charge is 0.336 e. The Morgan fingerprint density at radius 3 is 2.36 bits per heavy atom. The highest BCUT2D eigenvalue weighted by molar-refractivity contribution is 5.94. The molecule has 3 aliphatic rings. The third-order valence-corrected chi connectivity index (χ3v) is 5.89. The molecule has 1 aromatic rings. The Kier molecular flexibility index (Phi) is 4.29. The number of carbonyl (C=O) groups excluding carboxylic acids is 1. The fourth-order valence-corrected chi connectivity index (χ4v) is 4.48. The summed E-state index contributed by atoms with van der Waals surface area (Å²) in [6.07, 6.45) is 7.43. The van der Waals surface area contributed by atoms with E-state index < -0.39 is 4.92 Å². The zero-order chi connectivity index (χ0) is 17.4. The Bertz CT molecular complexity index is 692. The van der Waals surface area contributed by atoms with Crippen LogP contribution in [0.15, 0.2) is 36.4 Å². The van der Waals surface area contributed by atoms with E-state index in [1.165, 1.54) is 25.0 Å². The monoisotopic (exact) mass is 341 g/mol. The lowest BCUT2D eigenvalue weighted by Gasteiger charge is -2.37. The molecule has 1 amide bonds. The SMILES string of the molecule is O=C(c1ccc([N+](=O)[O-])cc1)N1CCN(C[C@H]2C[C@@H]3C=C[C@@H]2C3)CC1. The molecule has 2 aliphatic carbocycles. The first-order valence-corrected chi connectivity index (χ1v) is 9.04. The highest BCUT2D eigenvalue weighted by Gasteiger charge is 2.36. The first kappa shape index (κ1) is 16.3. The van der Waals surface area contributed by atoms with E-state index in [-0.39, 0.29) is 11.6 Å². The number of carbonyl (C=O) groups is 1. The second kappa shape index (κ2) is 6.59. The maximum Gasteiger partial charge on any atom is 0.269 e. The van der Waals surface area contributed by atoms with Gasteiger partial charge in [0.25, 0.3) is 11.6 Å². The van der Waals surface area contributed by atoms with Crippen molar-refractivity contribution in [2.45, 2.75) is 12.8 Å². The summed E-state index contributed by atoms with van der Waals surface area (Å²) in [6, 6.07) is 5.89. The van der Waals surface area contributed by atoms with Crippen molar-refractivity contribution in [3.05, 3.63) is 52.1 Å². The molecule has 1 heterocycles. The van der Waals surface area contributed by atoms with Crippen molar-refractivity contribution in [3.63, 3.8) is 0 Å². The molecular formula is C19H23N3O3. The number of fused-ring (bicyclic) bond motifs is 2. The molecule has 132 valence electrons. The van der Waals surface area contributed by atoms with E-state index in [0.29, 0.717) is 5.56 Å². The normalized spacial score (nSPS) is 28.5. The molecule has 0 spiro atoms. The van der Waals surface area contributed by atoms with Crippen molar-refractivity contribution >= 4 is 11.6 Å². The van der Waals surface area contributed by atoms with Crippen LogP contribution in [0.2, 0.25) is 0 Å². The minimum atomic E-state index is -0.447. The van der Waals surface area contributed by atoms with E-state index in [9.17, 15) is 14.9 Å². The van der Waals surface area contributed by atoms with Crippen molar-refractivity contribution in [1.29, 1.82) is 0 Å². The summed E-state index contributed by atoms with van der Waals surface area (Å²) in [7, 11) is 0. The summed E-state index contributed by atoms with van der Waals surface area (Å²) in [4.78, 5) is 27.2. The molecule has 1 saturated heterocycles. The molecule has 25 heavy (non-hydrogen) atoms. The number of amides is 1. The van der Waals surface area contributed by atoms with Gasteiger partial charge in [-0.25, -0.2) is 0 Å². The van der Waals surface area contributed by atoms with Crippen LogP contribution in [-0.2, 0) is 0 Å². The molecule has 3 atom stereocenters. The number of non-ortho nitro benzene ring substituents is 1. The van der Waals surface area contributed by atoms with Gasteiger partial charge in [-0.1, -0.05) is 12.2 Å². The molecule has 4 rings (SSSR count). The summed E-state index contributed by atoms with van der Waals surface area (Å²) in [5.74, 6) is 2.33. The van der Waals surface area contributed by atoms with Crippen LogP contribution in [0.25, 0.3) is 0 Å². The summed E-state index contributed by atoms with van der Waals surface area (Å²) in [5.41, 5.74) is 0.540. The van der Waals surface area contributed by atoms with Gasteiger partial charge in [0, 0.05) is 50.4 Å². The van der Waals surface area contributed by atoms with Crippen molar-refractivity contribution in [1.82, 2.24) is 9.80 Å². The van der Waals surface area contributed by atoms with Crippen LogP contribution >= 0.6 is 0 Å². The quantitative estimate of drug-likeness (QED) is 0.480. The predicted octanol–water partition coefficient (Wildman–Crippen LogP) is 2.56. The number of benzene rings is 1. The average Bonchev–Trinajstić information content (AvgIpc) is 3.25. The Morgan fingerprint density at radius 1 is 1.08 bits per heavy atom. The summed E-state index contributed by atoms with van der Waals surface area (Å²) in [5, 5.41) is 10.7. The van der Waals surface area contributed by atoms with Gasteiger partial charge in [-0.05, 0) is 42.7 Å². The number of nitro groups is 1. The van der Waals surface area contributed by atoms with Gasteiger partial charge in [0.2, 0.25) is 0 Å². The standard InChI is InChI=1S/C19H23N3O3/c23-19(15-3-5-18(6-4-15)22(24)25)21-9-7-20(8-10-21)13-17-12-14-1-2-16(17)11-14/h1-6,14,16-17H,7-13H2/t14-,16-,17-/m1/s1. The van der Waals surface area contributed by atoms with Gasteiger partial charge in [0.05, 0.1) is 4.92 Å². The summed E-state index contributed by atoms with van der Waals surface area (Å²) >= 11 is 0. The van der Waals surface area contributed by atoms with Gasteiger partial charge in [-0.2, -0.15) is 0 Å². The van der Waals surface area contributed by atoms with Gasteiger partial charge < -0.3 is 4.90 Å². The highest BCUT2D eigenvalue weighted by Crippen LogP contribution is 2.43. The fraction of sp³-hybridized carbons (Fsp3) is 0.526. The Labute approximate surface area is 147 Å². The summed E-state index contributed by atoms with van der Waals surface area (Å²) < 4.78 is 0. The molecule has 0 aromatic heterocycles. The van der Waals surface area contributed by atoms with Crippen LogP contribution in [0.1, 0.15) is 23.2 Å². The minimum absolute atomic E-state index is 0.0151. The molecular weight excluding hydrogens is 318 g/mol. The van der Waals surface area contributed by atoms with Crippen LogP contribution in [0.5, 0.6) is 0 Å². The maximum absolute atomic E-state index is 12.6. The van der Waals surface area contributed by atoms with E-state index in [2.05, 4.69) is 17.1 Å². The van der Waals surface area contributed by atoms with E-state index >= 15 is 0 Å². The molecule has 0 N–H and O–H groups in total.